The third kappa shape index (κ3) is 4.46. The molecule has 1 aliphatic heterocycles. The lowest BCUT2D eigenvalue weighted by atomic mass is 9.96. The van der Waals surface area contributed by atoms with Crippen molar-refractivity contribution in [2.45, 2.75) is 18.9 Å². The first-order valence-electron chi connectivity index (χ1n) is 11.3. The van der Waals surface area contributed by atoms with Crippen molar-refractivity contribution in [3.8, 4) is 17.4 Å². The van der Waals surface area contributed by atoms with Gasteiger partial charge in [0, 0.05) is 29.2 Å². The van der Waals surface area contributed by atoms with E-state index >= 15 is 4.39 Å². The smallest absolute Gasteiger partial charge is 0.350 e. The molecule has 1 atom stereocenters. The minimum absolute atomic E-state index is 0.0162. The highest BCUT2D eigenvalue weighted by molar-refractivity contribution is 5.95. The van der Waals surface area contributed by atoms with Gasteiger partial charge in [0.15, 0.2) is 17.3 Å². The van der Waals surface area contributed by atoms with E-state index in [1.807, 2.05) is 0 Å². The summed E-state index contributed by atoms with van der Waals surface area (Å²) in [7, 11) is 1.44. The summed E-state index contributed by atoms with van der Waals surface area (Å²) in [6, 6.07) is 5.88. The molecule has 4 aromatic rings. The van der Waals surface area contributed by atoms with Crippen molar-refractivity contribution in [2.75, 3.05) is 19.0 Å². The predicted molar refractivity (Wildman–Crippen MR) is 129 cm³/mol. The highest BCUT2D eigenvalue weighted by atomic mass is 19.1. The summed E-state index contributed by atoms with van der Waals surface area (Å²) in [4.78, 5) is 23.4. The zero-order chi connectivity index (χ0) is 26.1. The van der Waals surface area contributed by atoms with Gasteiger partial charge >= 0.3 is 5.69 Å². The fraction of sp³-hybridized carbons (Fsp3) is 0.208. The van der Waals surface area contributed by atoms with Crippen molar-refractivity contribution in [3.63, 3.8) is 0 Å². The number of halogens is 2. The number of fused-ring (bicyclic) bond motifs is 1. The summed E-state index contributed by atoms with van der Waals surface area (Å²) in [5.74, 6) is -1.08. The average Bonchev–Trinajstić information content (AvgIpc) is 3.29. The van der Waals surface area contributed by atoms with Gasteiger partial charge in [0.1, 0.15) is 23.5 Å². The molecule has 0 amide bonds. The lowest BCUT2D eigenvalue weighted by Gasteiger charge is -2.25. The maximum Gasteiger partial charge on any atom is 0.350 e. The lowest BCUT2D eigenvalue weighted by Crippen LogP contribution is -2.20. The minimum Gasteiger partial charge on any atom is -0.493 e. The summed E-state index contributed by atoms with van der Waals surface area (Å²) in [6.07, 6.45) is 3.93. The van der Waals surface area contributed by atoms with Crippen LogP contribution in [0.3, 0.4) is 0 Å². The van der Waals surface area contributed by atoms with Crippen LogP contribution in [0.1, 0.15) is 35.0 Å². The van der Waals surface area contributed by atoms with Crippen LogP contribution in [0, 0.1) is 17.0 Å². The Morgan fingerprint density at radius 2 is 2.08 bits per heavy atom. The molecule has 13 heteroatoms. The van der Waals surface area contributed by atoms with Crippen molar-refractivity contribution < 1.29 is 18.3 Å². The second-order valence-corrected chi connectivity index (χ2v) is 8.20. The van der Waals surface area contributed by atoms with Crippen LogP contribution in [-0.4, -0.2) is 44.3 Å². The number of rotatable bonds is 7. The molecule has 37 heavy (non-hydrogen) atoms. The third-order valence-electron chi connectivity index (χ3n) is 5.87. The molecule has 0 aliphatic carbocycles. The van der Waals surface area contributed by atoms with Crippen molar-refractivity contribution in [1.29, 1.82) is 5.41 Å². The van der Waals surface area contributed by atoms with E-state index in [0.29, 0.717) is 36.5 Å². The topological polar surface area (TPSA) is 157 Å². The standard InChI is InChI=1S/C24H22F2N8O3/c1-36-17-11-15(18(26)14-4-2-9-37-20(14)17)19(31-12-5-6-13(21(27)28)16(25)10-12)22-32-24(35)34(33-22)23-29-7-3-8-30-23/h3,5-8,10-11,19,31H,2,4,9H2,1H3,(H3,27,28)(H,32,33,35). The number of nitrogens with one attached hydrogen (secondary N) is 3. The van der Waals surface area contributed by atoms with Gasteiger partial charge in [-0.2, -0.15) is 0 Å². The fourth-order valence-electron chi connectivity index (χ4n) is 4.15. The highest BCUT2D eigenvalue weighted by Gasteiger charge is 2.30. The molecule has 190 valence electrons. The van der Waals surface area contributed by atoms with Gasteiger partial charge in [0.05, 0.1) is 19.3 Å². The van der Waals surface area contributed by atoms with Gasteiger partial charge < -0.3 is 20.5 Å². The summed E-state index contributed by atoms with van der Waals surface area (Å²) in [5, 5.41) is 14.8. The number of hydrogen-bond acceptors (Lipinski definition) is 8. The van der Waals surface area contributed by atoms with E-state index < -0.39 is 29.2 Å². The third-order valence-corrected chi connectivity index (χ3v) is 5.87. The van der Waals surface area contributed by atoms with E-state index in [0.717, 1.165) is 10.7 Å². The van der Waals surface area contributed by atoms with Gasteiger partial charge in [-0.3, -0.25) is 10.4 Å². The number of methoxy groups -OCH3 is 1. The highest BCUT2D eigenvalue weighted by Crippen LogP contribution is 2.41. The Bertz CT molecular complexity index is 1540. The van der Waals surface area contributed by atoms with Crippen LogP contribution in [0.2, 0.25) is 0 Å². The molecule has 1 unspecified atom stereocenters. The molecule has 0 fully saturated rings. The molecule has 3 heterocycles. The molecule has 2 aromatic carbocycles. The summed E-state index contributed by atoms with van der Waals surface area (Å²) in [5.41, 5.74) is 5.34. The van der Waals surface area contributed by atoms with Gasteiger partial charge in [-0.05, 0) is 43.2 Å². The molecule has 11 nitrogen and oxygen atoms in total. The summed E-state index contributed by atoms with van der Waals surface area (Å²) >= 11 is 0. The predicted octanol–water partition coefficient (Wildman–Crippen LogP) is 2.45. The maximum absolute atomic E-state index is 15.9. The van der Waals surface area contributed by atoms with Crippen LogP contribution in [0.5, 0.6) is 11.5 Å². The number of H-pyrrole nitrogens is 1. The Hall–Kier alpha value is -4.81. The fourth-order valence-corrected chi connectivity index (χ4v) is 4.15. The quantitative estimate of drug-likeness (QED) is 0.219. The number of nitrogens with zero attached hydrogens (tertiary/aromatic N) is 4. The van der Waals surface area contributed by atoms with Crippen molar-refractivity contribution in [2.24, 2.45) is 5.73 Å². The van der Waals surface area contributed by atoms with Crippen LogP contribution in [0.4, 0.5) is 14.5 Å². The first kappa shape index (κ1) is 23.9. The monoisotopic (exact) mass is 508 g/mol. The van der Waals surface area contributed by atoms with Crippen molar-refractivity contribution in [3.05, 3.63) is 87.4 Å². The van der Waals surface area contributed by atoms with Crippen molar-refractivity contribution >= 4 is 11.5 Å². The first-order valence-corrected chi connectivity index (χ1v) is 11.3. The molecule has 0 saturated heterocycles. The van der Waals surface area contributed by atoms with Crippen LogP contribution >= 0.6 is 0 Å². The molecule has 2 aromatic heterocycles. The maximum atomic E-state index is 15.9. The molecule has 1 aliphatic rings. The lowest BCUT2D eigenvalue weighted by molar-refractivity contribution is 0.264. The number of benzene rings is 2. The normalized spacial score (nSPS) is 13.4. The van der Waals surface area contributed by atoms with E-state index in [-0.39, 0.29) is 28.6 Å². The van der Waals surface area contributed by atoms with Gasteiger partial charge in [-0.15, -0.1) is 9.78 Å². The van der Waals surface area contributed by atoms with Crippen LogP contribution in [-0.2, 0) is 6.42 Å². The van der Waals surface area contributed by atoms with E-state index in [4.69, 9.17) is 20.6 Å². The Balaban J connectivity index is 1.66. The van der Waals surface area contributed by atoms with Crippen LogP contribution < -0.4 is 26.2 Å². The number of nitrogens with two attached hydrogens (primary N) is 1. The van der Waals surface area contributed by atoms with E-state index in [1.165, 1.54) is 37.7 Å². The van der Waals surface area contributed by atoms with Gasteiger partial charge in [0.25, 0.3) is 5.95 Å². The van der Waals surface area contributed by atoms with E-state index in [9.17, 15) is 9.18 Å². The van der Waals surface area contributed by atoms with E-state index in [1.54, 1.807) is 6.07 Å². The number of aromatic amines is 1. The second-order valence-electron chi connectivity index (χ2n) is 8.20. The van der Waals surface area contributed by atoms with E-state index in [2.05, 4.69) is 25.4 Å². The molecule has 0 saturated carbocycles. The Morgan fingerprint density at radius 3 is 2.78 bits per heavy atom. The van der Waals surface area contributed by atoms with Crippen molar-refractivity contribution in [1.82, 2.24) is 24.7 Å². The molecule has 5 rings (SSSR count). The summed E-state index contributed by atoms with van der Waals surface area (Å²) < 4.78 is 42.6. The number of amidine groups is 1. The first-order chi connectivity index (χ1) is 17.9. The number of anilines is 1. The zero-order valence-electron chi connectivity index (χ0n) is 19.6. The molecule has 0 spiro atoms. The second kappa shape index (κ2) is 9.68. The van der Waals surface area contributed by atoms with Gasteiger partial charge in [0.2, 0.25) is 0 Å². The molecule has 5 N–H and O–H groups in total. The number of nitrogen functional groups attached to an aromatic ring is 1. The summed E-state index contributed by atoms with van der Waals surface area (Å²) in [6.45, 7) is 0.431. The number of ether oxygens (including phenoxy) is 2. The van der Waals surface area contributed by atoms with Crippen LogP contribution in [0.15, 0.2) is 47.5 Å². The molecule has 0 radical (unpaired) electrons. The number of aromatic nitrogens is 5. The van der Waals surface area contributed by atoms with Gasteiger partial charge in [-0.25, -0.2) is 23.5 Å². The SMILES string of the molecule is COc1cc(C(Nc2ccc(C(=N)N)c(F)c2)c2nn(-c3ncccn3)c(=O)[nH]2)c(F)c2c1OCCC2. The number of hydrogen-bond donors (Lipinski definition) is 4. The average molecular weight is 508 g/mol. The Kier molecular flexibility index (Phi) is 6.26. The largest absolute Gasteiger partial charge is 0.493 e. The zero-order valence-corrected chi connectivity index (χ0v) is 19.6. The van der Waals surface area contributed by atoms with Crippen LogP contribution in [0.25, 0.3) is 5.95 Å². The molecular formula is C24H22F2N8O3. The molecular weight excluding hydrogens is 486 g/mol. The van der Waals surface area contributed by atoms with Gasteiger partial charge in [-0.1, -0.05) is 0 Å². The minimum atomic E-state index is -1.10. The Labute approximate surface area is 208 Å². The Morgan fingerprint density at radius 1 is 1.30 bits per heavy atom. The molecule has 0 bridgehead atoms.